The minimum atomic E-state index is -0.394. The molecule has 11 heteroatoms. The number of halogens is 1. The lowest BCUT2D eigenvalue weighted by molar-refractivity contribution is -0.152. The normalized spacial score (nSPS) is 44.5. The smallest absolute Gasteiger partial charge is 0.0805 e. The van der Waals surface area contributed by atoms with Crippen LogP contribution in [0.5, 0.6) is 0 Å². The number of hydrogen-bond acceptors (Lipinski definition) is 10. The van der Waals surface area contributed by atoms with Gasteiger partial charge in [0.1, 0.15) is 0 Å². The Bertz CT molecular complexity index is 2900. The zero-order valence-electron chi connectivity index (χ0n) is 68.3. The van der Waals surface area contributed by atoms with Crippen LogP contribution in [0.15, 0.2) is 73.6 Å². The number of fused-ring (bicyclic) bond motifs is 15. The highest BCUT2D eigenvalue weighted by Crippen LogP contribution is 2.73. The van der Waals surface area contributed by atoms with Crippen LogP contribution >= 0.6 is 12.1 Å². The standard InChI is InChI=1S/3C31H49NO2.CH3FS/c3*1-5-31(34)17-16-29(3)23(19-31)9-10-24-26-12-11-25(30(26,4)15-14-27(24)29)21(2)8-13-28(33)22-7-6-18-32-20-22;1-3-2/h3*6-7,18,20-21,23-28,33-34H,5,8-17,19H2,1-4H3;1H3/t21-,23+,24+,25-,26+,27+,28?,29+,30-,31+;21-,23+,24+,25-,26+,27+,28+,29+,30-,31+;21-,23+,24+,25-,26+,27+,28-,29+,30-,31+;/m111./s1. The summed E-state index contributed by atoms with van der Waals surface area (Å²) < 4.78 is 10.2. The molecule has 12 aliphatic rings. The summed E-state index contributed by atoms with van der Waals surface area (Å²) in [5.41, 5.74) is 4.45. The van der Waals surface area contributed by atoms with Crippen molar-refractivity contribution in [3.63, 3.8) is 0 Å². The van der Waals surface area contributed by atoms with Gasteiger partial charge in [0.15, 0.2) is 0 Å². The molecule has 0 radical (unpaired) electrons. The molecule has 1 unspecified atom stereocenters. The van der Waals surface area contributed by atoms with Gasteiger partial charge in [-0.3, -0.25) is 15.0 Å². The first kappa shape index (κ1) is 82.0. The summed E-state index contributed by atoms with van der Waals surface area (Å²) >= 11 is 0.250. The molecule has 6 N–H and O–H groups in total. The van der Waals surface area contributed by atoms with Crippen molar-refractivity contribution in [3.05, 3.63) is 90.3 Å². The van der Waals surface area contributed by atoms with Crippen molar-refractivity contribution < 1.29 is 34.5 Å². The lowest BCUT2D eigenvalue weighted by atomic mass is 9.43. The molecule has 0 aliphatic heterocycles. The zero-order valence-corrected chi connectivity index (χ0v) is 69.1. The van der Waals surface area contributed by atoms with Gasteiger partial charge in [0.25, 0.3) is 0 Å². The maximum Gasteiger partial charge on any atom is 0.0805 e. The molecule has 3 aromatic rings. The molecule has 3 heterocycles. The van der Waals surface area contributed by atoms with Crippen LogP contribution in [0.4, 0.5) is 3.89 Å². The molecule has 12 saturated carbocycles. The third-order valence-corrected chi connectivity index (χ3v) is 36.6. The highest BCUT2D eigenvalue weighted by atomic mass is 32.2. The van der Waals surface area contributed by atoms with Gasteiger partial charge in [0.05, 0.1) is 35.1 Å². The van der Waals surface area contributed by atoms with Crippen molar-refractivity contribution in [2.45, 2.75) is 349 Å². The Labute approximate surface area is 642 Å². The molecule has 0 amide bonds. The van der Waals surface area contributed by atoms with E-state index in [4.69, 9.17) is 0 Å². The Morgan fingerprint density at radius 3 is 0.867 bits per heavy atom. The third kappa shape index (κ3) is 16.1. The third-order valence-electron chi connectivity index (χ3n) is 36.6. The Hall–Kier alpha value is -2.51. The Morgan fingerprint density at radius 1 is 0.371 bits per heavy atom. The first-order valence-corrected chi connectivity index (χ1v) is 45.2. The molecule has 9 nitrogen and oxygen atoms in total. The average molecular weight is 1470 g/mol. The molecular weight excluding hydrogens is 1320 g/mol. The van der Waals surface area contributed by atoms with Crippen LogP contribution in [-0.2, 0) is 0 Å². The van der Waals surface area contributed by atoms with Crippen molar-refractivity contribution in [3.8, 4) is 0 Å². The van der Waals surface area contributed by atoms with Gasteiger partial charge in [-0.1, -0.05) is 101 Å². The maximum absolute atomic E-state index is 11.1. The SMILES string of the molecule is CC[C@]1(O)CC[C@@]2(C)[C@@H](CC[C@@H]3[C@@H]2CC[C@]2(C)[C@@H]([C@H](C)CCC(O)c4cccnc4)CC[C@@H]32)C1.CC[C@]1(O)CC[C@@]2(C)[C@@H](CC[C@@H]3[C@@H]2CC[C@]2(C)[C@@H]([C@H](C)CC[C@@H](O)c4cccnc4)CC[C@@H]32)C1.CC[C@]1(O)CC[C@@]2(C)[C@@H](CC[C@@H]3[C@@H]2CC[C@]2(C)[C@@H]([C@H](C)CC[C@H](O)c4cccnc4)CC[C@@H]32)C1.CSF. The van der Waals surface area contributed by atoms with E-state index in [0.29, 0.717) is 50.2 Å². The summed E-state index contributed by atoms with van der Waals surface area (Å²) in [7, 11) is 0. The number of hydrogen-bond donors (Lipinski definition) is 6. The molecule has 0 bridgehead atoms. The maximum atomic E-state index is 11.1. The molecule has 15 rings (SSSR count). The molecule has 12 fully saturated rings. The van der Waals surface area contributed by atoms with E-state index in [-0.39, 0.29) is 30.5 Å². The molecule has 0 spiro atoms. The highest BCUT2D eigenvalue weighted by Gasteiger charge is 2.65. The molecule has 0 aromatic carbocycles. The number of rotatable bonds is 18. The molecule has 0 saturated heterocycles. The minimum Gasteiger partial charge on any atom is -0.390 e. The van der Waals surface area contributed by atoms with E-state index in [9.17, 15) is 34.5 Å². The van der Waals surface area contributed by atoms with Crippen LogP contribution in [0.3, 0.4) is 0 Å². The first-order valence-electron chi connectivity index (χ1n) is 44.1. The first-order chi connectivity index (χ1) is 50.0. The summed E-state index contributed by atoms with van der Waals surface area (Å²) in [4.78, 5) is 12.6. The van der Waals surface area contributed by atoms with Gasteiger partial charge in [-0.15, -0.1) is 0 Å². The molecule has 3 aromatic heterocycles. The van der Waals surface area contributed by atoms with E-state index in [2.05, 4.69) is 98.0 Å². The second-order valence-electron chi connectivity index (χ2n) is 40.7. The van der Waals surface area contributed by atoms with Crippen LogP contribution in [0.2, 0.25) is 0 Å². The second-order valence-corrected chi connectivity index (χ2v) is 41.0. The van der Waals surface area contributed by atoms with Crippen LogP contribution in [0, 0.1) is 139 Å². The number of aromatic nitrogens is 3. The van der Waals surface area contributed by atoms with Gasteiger partial charge in [-0.25, -0.2) is 0 Å². The van der Waals surface area contributed by atoms with Gasteiger partial charge in [0, 0.05) is 55.6 Å². The van der Waals surface area contributed by atoms with Crippen molar-refractivity contribution in [1.29, 1.82) is 0 Å². The fourth-order valence-electron chi connectivity index (χ4n) is 29.9. The van der Waals surface area contributed by atoms with Crippen molar-refractivity contribution in [2.24, 2.45) is 139 Å². The van der Waals surface area contributed by atoms with Crippen LogP contribution in [-0.4, -0.2) is 68.7 Å². The van der Waals surface area contributed by atoms with E-state index in [1.165, 1.54) is 141 Å². The van der Waals surface area contributed by atoms with Gasteiger partial charge in [-0.2, -0.15) is 3.89 Å². The number of nitrogens with zero attached hydrogens (tertiary/aromatic N) is 3. The molecule has 590 valence electrons. The van der Waals surface area contributed by atoms with Crippen molar-refractivity contribution in [1.82, 2.24) is 15.0 Å². The molecule has 12 aliphatic carbocycles. The summed E-state index contributed by atoms with van der Waals surface area (Å²) in [6.07, 6.45) is 54.4. The lowest BCUT2D eigenvalue weighted by Crippen LogP contribution is -2.56. The van der Waals surface area contributed by atoms with Gasteiger partial charge in [0.2, 0.25) is 0 Å². The minimum absolute atomic E-state index is 0.250. The monoisotopic (exact) mass is 1470 g/mol. The predicted molar refractivity (Wildman–Crippen MR) is 429 cm³/mol. The lowest BCUT2D eigenvalue weighted by Gasteiger charge is -2.62. The van der Waals surface area contributed by atoms with Gasteiger partial charge < -0.3 is 30.6 Å². The van der Waals surface area contributed by atoms with Crippen LogP contribution in [0.1, 0.15) is 349 Å². The number of aliphatic hydroxyl groups is 6. The largest absolute Gasteiger partial charge is 0.390 e. The molecular formula is C94H150FN3O6S. The highest BCUT2D eigenvalue weighted by molar-refractivity contribution is 7.93. The topological polar surface area (TPSA) is 160 Å². The van der Waals surface area contributed by atoms with Gasteiger partial charge >= 0.3 is 0 Å². The molecule has 30 atom stereocenters. The zero-order chi connectivity index (χ0) is 75.1. The number of aliphatic hydroxyl groups excluding tert-OH is 3. The number of pyridine rings is 3. The molecule has 105 heavy (non-hydrogen) atoms. The second kappa shape index (κ2) is 33.3. The van der Waals surface area contributed by atoms with Crippen LogP contribution < -0.4 is 0 Å². The summed E-state index contributed by atoms with van der Waals surface area (Å²) in [5, 5.41) is 65.3. The Balaban J connectivity index is 0.000000145. The summed E-state index contributed by atoms with van der Waals surface area (Å²) in [5.74, 6) is 14.5. The summed E-state index contributed by atoms with van der Waals surface area (Å²) in [6.45, 7) is 29.7. The predicted octanol–water partition coefficient (Wildman–Crippen LogP) is 23.2. The van der Waals surface area contributed by atoms with E-state index < -0.39 is 16.8 Å². The average Bonchev–Trinajstić information content (AvgIpc) is 1.53. The van der Waals surface area contributed by atoms with Crippen molar-refractivity contribution >= 4 is 12.1 Å². The van der Waals surface area contributed by atoms with E-state index in [1.54, 1.807) is 18.6 Å². The van der Waals surface area contributed by atoms with Gasteiger partial charge in [-0.05, 0) is 405 Å². The van der Waals surface area contributed by atoms with E-state index >= 15 is 0 Å². The van der Waals surface area contributed by atoms with E-state index in [1.807, 2.05) is 55.0 Å². The van der Waals surface area contributed by atoms with Crippen LogP contribution in [0.25, 0.3) is 0 Å². The fraction of sp³-hybridized carbons (Fsp3) is 0.840. The summed E-state index contributed by atoms with van der Waals surface area (Å²) in [6, 6.07) is 11.8. The van der Waals surface area contributed by atoms with E-state index in [0.717, 1.165) is 202 Å². The Morgan fingerprint density at radius 2 is 0.629 bits per heavy atom. The van der Waals surface area contributed by atoms with Crippen molar-refractivity contribution in [2.75, 3.05) is 6.26 Å². The Kier molecular flexibility index (Phi) is 26.0. The quantitative estimate of drug-likeness (QED) is 0.0724. The fourth-order valence-corrected chi connectivity index (χ4v) is 29.9.